The summed E-state index contributed by atoms with van der Waals surface area (Å²) >= 11 is 0. The van der Waals surface area contributed by atoms with Gasteiger partial charge in [-0.25, -0.2) is 0 Å². The summed E-state index contributed by atoms with van der Waals surface area (Å²) in [5.41, 5.74) is 0. The standard InChI is InChI=1S/C10H19F3N2/c1-8-5-9(3-4-14-8)6-15(2)7-10(11,12)13/h8-9,14H,3-7H2,1-2H3. The van der Waals surface area contributed by atoms with Gasteiger partial charge in [0.25, 0.3) is 0 Å². The van der Waals surface area contributed by atoms with Gasteiger partial charge >= 0.3 is 6.18 Å². The molecule has 2 unspecified atom stereocenters. The predicted octanol–water partition coefficient (Wildman–Crippen LogP) is 1.87. The number of nitrogens with one attached hydrogen (secondary N) is 1. The largest absolute Gasteiger partial charge is 0.401 e. The van der Waals surface area contributed by atoms with Gasteiger partial charge in [0.05, 0.1) is 6.54 Å². The molecule has 0 aromatic heterocycles. The maximum atomic E-state index is 12.1. The molecule has 0 aliphatic carbocycles. The molecule has 0 bridgehead atoms. The lowest BCUT2D eigenvalue weighted by atomic mass is 9.93. The van der Waals surface area contributed by atoms with Crippen molar-refractivity contribution in [1.29, 1.82) is 0 Å². The van der Waals surface area contributed by atoms with Gasteiger partial charge in [0, 0.05) is 12.6 Å². The Labute approximate surface area is 88.8 Å². The second-order valence-corrected chi connectivity index (χ2v) is 4.56. The zero-order chi connectivity index (χ0) is 11.5. The number of alkyl halides is 3. The van der Waals surface area contributed by atoms with E-state index in [1.165, 1.54) is 4.90 Å². The van der Waals surface area contributed by atoms with E-state index in [-0.39, 0.29) is 0 Å². The van der Waals surface area contributed by atoms with E-state index in [9.17, 15) is 13.2 Å². The van der Waals surface area contributed by atoms with E-state index in [0.29, 0.717) is 18.5 Å². The molecule has 0 aromatic rings. The quantitative estimate of drug-likeness (QED) is 0.787. The summed E-state index contributed by atoms with van der Waals surface area (Å²) in [7, 11) is 1.54. The smallest absolute Gasteiger partial charge is 0.314 e. The van der Waals surface area contributed by atoms with E-state index in [0.717, 1.165) is 19.4 Å². The van der Waals surface area contributed by atoms with Crippen LogP contribution in [0.15, 0.2) is 0 Å². The minimum absolute atomic E-state index is 0.397. The van der Waals surface area contributed by atoms with Crippen molar-refractivity contribution in [2.45, 2.75) is 32.0 Å². The van der Waals surface area contributed by atoms with Crippen LogP contribution >= 0.6 is 0 Å². The van der Waals surface area contributed by atoms with Gasteiger partial charge in [0.1, 0.15) is 0 Å². The second-order valence-electron chi connectivity index (χ2n) is 4.56. The zero-order valence-corrected chi connectivity index (χ0v) is 9.27. The molecule has 0 spiro atoms. The third-order valence-corrected chi connectivity index (χ3v) is 2.75. The molecule has 0 aromatic carbocycles. The fourth-order valence-electron chi connectivity index (χ4n) is 2.21. The first-order valence-corrected chi connectivity index (χ1v) is 5.35. The predicted molar refractivity (Wildman–Crippen MR) is 53.7 cm³/mol. The molecule has 0 radical (unpaired) electrons. The van der Waals surface area contributed by atoms with Crippen molar-refractivity contribution in [3.8, 4) is 0 Å². The van der Waals surface area contributed by atoms with Crippen molar-refractivity contribution in [3.05, 3.63) is 0 Å². The molecule has 1 heterocycles. The molecule has 2 nitrogen and oxygen atoms in total. The zero-order valence-electron chi connectivity index (χ0n) is 9.27. The Balaban J connectivity index is 2.28. The number of piperidine rings is 1. The van der Waals surface area contributed by atoms with Crippen LogP contribution in [0.2, 0.25) is 0 Å². The first-order chi connectivity index (χ1) is 6.87. The molecule has 2 atom stereocenters. The Hall–Kier alpha value is -0.290. The lowest BCUT2D eigenvalue weighted by Crippen LogP contribution is -2.41. The van der Waals surface area contributed by atoms with Crippen molar-refractivity contribution in [2.75, 3.05) is 26.7 Å². The van der Waals surface area contributed by atoms with Crippen LogP contribution in [-0.2, 0) is 0 Å². The molecule has 1 rings (SSSR count). The fourth-order valence-corrected chi connectivity index (χ4v) is 2.21. The average molecular weight is 224 g/mol. The third-order valence-electron chi connectivity index (χ3n) is 2.75. The Morgan fingerprint density at radius 1 is 1.40 bits per heavy atom. The number of nitrogens with zero attached hydrogens (tertiary/aromatic N) is 1. The highest BCUT2D eigenvalue weighted by Gasteiger charge is 2.30. The minimum atomic E-state index is -4.08. The summed E-state index contributed by atoms with van der Waals surface area (Å²) in [4.78, 5) is 1.38. The monoisotopic (exact) mass is 224 g/mol. The van der Waals surface area contributed by atoms with Gasteiger partial charge in [0.15, 0.2) is 0 Å². The Kier molecular flexibility index (Phi) is 4.40. The molecule has 15 heavy (non-hydrogen) atoms. The van der Waals surface area contributed by atoms with E-state index in [1.54, 1.807) is 7.05 Å². The van der Waals surface area contributed by atoms with Crippen LogP contribution in [0.3, 0.4) is 0 Å². The van der Waals surface area contributed by atoms with Gasteiger partial charge in [0.2, 0.25) is 0 Å². The molecule has 5 heteroatoms. The number of rotatable bonds is 3. The SMILES string of the molecule is CC1CC(CN(C)CC(F)(F)F)CCN1. The number of hydrogen-bond donors (Lipinski definition) is 1. The summed E-state index contributed by atoms with van der Waals surface area (Å²) in [6.07, 6.45) is -2.12. The first-order valence-electron chi connectivity index (χ1n) is 5.35. The summed E-state index contributed by atoms with van der Waals surface area (Å²) < 4.78 is 36.2. The number of hydrogen-bond acceptors (Lipinski definition) is 2. The van der Waals surface area contributed by atoms with Crippen LogP contribution in [0.25, 0.3) is 0 Å². The fraction of sp³-hybridized carbons (Fsp3) is 1.00. The summed E-state index contributed by atoms with van der Waals surface area (Å²) in [5.74, 6) is 0.397. The van der Waals surface area contributed by atoms with Crippen molar-refractivity contribution in [1.82, 2.24) is 10.2 Å². The van der Waals surface area contributed by atoms with Gasteiger partial charge in [-0.15, -0.1) is 0 Å². The Morgan fingerprint density at radius 2 is 2.07 bits per heavy atom. The van der Waals surface area contributed by atoms with Crippen LogP contribution < -0.4 is 5.32 Å². The maximum absolute atomic E-state index is 12.1. The molecule has 1 aliphatic rings. The normalized spacial score (nSPS) is 28.4. The average Bonchev–Trinajstić information content (AvgIpc) is 1.99. The van der Waals surface area contributed by atoms with Gasteiger partial charge < -0.3 is 5.32 Å². The van der Waals surface area contributed by atoms with Crippen molar-refractivity contribution >= 4 is 0 Å². The van der Waals surface area contributed by atoms with Crippen LogP contribution in [0, 0.1) is 5.92 Å². The molecule has 0 amide bonds. The van der Waals surface area contributed by atoms with Gasteiger partial charge in [-0.05, 0) is 39.3 Å². The van der Waals surface area contributed by atoms with Crippen LogP contribution in [0.4, 0.5) is 13.2 Å². The highest BCUT2D eigenvalue weighted by molar-refractivity contribution is 4.77. The minimum Gasteiger partial charge on any atom is -0.314 e. The van der Waals surface area contributed by atoms with Crippen molar-refractivity contribution in [3.63, 3.8) is 0 Å². The van der Waals surface area contributed by atoms with Crippen LogP contribution in [-0.4, -0.2) is 43.8 Å². The summed E-state index contributed by atoms with van der Waals surface area (Å²) in [6, 6.07) is 0.433. The van der Waals surface area contributed by atoms with Gasteiger partial charge in [-0.3, -0.25) is 4.90 Å². The molecular weight excluding hydrogens is 205 g/mol. The van der Waals surface area contributed by atoms with Gasteiger partial charge in [-0.2, -0.15) is 13.2 Å². The molecule has 0 saturated carbocycles. The molecule has 1 aliphatic heterocycles. The van der Waals surface area contributed by atoms with Gasteiger partial charge in [-0.1, -0.05) is 0 Å². The highest BCUT2D eigenvalue weighted by Crippen LogP contribution is 2.20. The van der Waals surface area contributed by atoms with E-state index in [4.69, 9.17) is 0 Å². The third kappa shape index (κ3) is 5.37. The second kappa shape index (κ2) is 5.16. The van der Waals surface area contributed by atoms with Crippen molar-refractivity contribution < 1.29 is 13.2 Å². The first kappa shape index (κ1) is 12.8. The Bertz CT molecular complexity index is 194. The Morgan fingerprint density at radius 3 is 2.60 bits per heavy atom. The molecular formula is C10H19F3N2. The summed E-state index contributed by atoms with van der Waals surface area (Å²) in [6.45, 7) is 2.75. The van der Waals surface area contributed by atoms with E-state index >= 15 is 0 Å². The highest BCUT2D eigenvalue weighted by atomic mass is 19.4. The van der Waals surface area contributed by atoms with E-state index < -0.39 is 12.7 Å². The molecule has 1 fully saturated rings. The lowest BCUT2D eigenvalue weighted by Gasteiger charge is -2.31. The molecule has 90 valence electrons. The van der Waals surface area contributed by atoms with Crippen LogP contribution in [0.5, 0.6) is 0 Å². The number of halogens is 3. The molecule has 1 saturated heterocycles. The van der Waals surface area contributed by atoms with E-state index in [1.807, 2.05) is 0 Å². The lowest BCUT2D eigenvalue weighted by molar-refractivity contribution is -0.144. The van der Waals surface area contributed by atoms with Crippen LogP contribution in [0.1, 0.15) is 19.8 Å². The topological polar surface area (TPSA) is 15.3 Å². The summed E-state index contributed by atoms with van der Waals surface area (Å²) in [5, 5.41) is 3.29. The van der Waals surface area contributed by atoms with E-state index in [2.05, 4.69) is 12.2 Å². The molecule has 1 N–H and O–H groups in total. The maximum Gasteiger partial charge on any atom is 0.401 e. The van der Waals surface area contributed by atoms with Crippen molar-refractivity contribution in [2.24, 2.45) is 5.92 Å².